The number of hydrogen-bond acceptors (Lipinski definition) is 5. The summed E-state index contributed by atoms with van der Waals surface area (Å²) in [6, 6.07) is 1.76. The van der Waals surface area contributed by atoms with Crippen molar-refractivity contribution in [3.05, 3.63) is 35.2 Å². The second kappa shape index (κ2) is 6.20. The van der Waals surface area contributed by atoms with Gasteiger partial charge in [-0.3, -0.25) is 9.89 Å². The molecule has 3 heterocycles. The smallest absolute Gasteiger partial charge is 0.255 e. The minimum absolute atomic E-state index is 0.0455. The SMILES string of the molecule is Cc1nnccc1C(=O)N1C[C@H](c2nc(C(C)C)n[nH]2)[C@@H](C2CC2)C1. The van der Waals surface area contributed by atoms with Crippen LogP contribution in [0.2, 0.25) is 0 Å². The second-order valence-electron chi connectivity index (χ2n) is 7.58. The van der Waals surface area contributed by atoms with E-state index in [0.717, 1.165) is 18.2 Å². The third-order valence-corrected chi connectivity index (χ3v) is 5.40. The molecule has 2 aromatic heterocycles. The van der Waals surface area contributed by atoms with Gasteiger partial charge in [0.05, 0.1) is 17.5 Å². The summed E-state index contributed by atoms with van der Waals surface area (Å²) < 4.78 is 0. The van der Waals surface area contributed by atoms with E-state index in [0.29, 0.717) is 35.6 Å². The fraction of sp³-hybridized carbons (Fsp3) is 0.611. The lowest BCUT2D eigenvalue weighted by atomic mass is 9.91. The second-order valence-corrected chi connectivity index (χ2v) is 7.58. The monoisotopic (exact) mass is 340 g/mol. The van der Waals surface area contributed by atoms with E-state index < -0.39 is 0 Å². The Hall–Kier alpha value is -2.31. The minimum Gasteiger partial charge on any atom is -0.338 e. The van der Waals surface area contributed by atoms with Crippen LogP contribution in [0, 0.1) is 18.8 Å². The van der Waals surface area contributed by atoms with Crippen LogP contribution in [0.3, 0.4) is 0 Å². The lowest BCUT2D eigenvalue weighted by Gasteiger charge is -2.16. The zero-order valence-electron chi connectivity index (χ0n) is 14.9. The molecule has 1 amide bonds. The highest BCUT2D eigenvalue weighted by Gasteiger charge is 2.46. The molecule has 0 bridgehead atoms. The molecule has 0 spiro atoms. The molecule has 1 saturated carbocycles. The van der Waals surface area contributed by atoms with E-state index in [1.54, 1.807) is 12.3 Å². The summed E-state index contributed by atoms with van der Waals surface area (Å²) in [5.41, 5.74) is 1.33. The Labute approximate surface area is 147 Å². The summed E-state index contributed by atoms with van der Waals surface area (Å²) in [6.45, 7) is 7.49. The van der Waals surface area contributed by atoms with Crippen LogP contribution in [0.25, 0.3) is 0 Å². The van der Waals surface area contributed by atoms with Gasteiger partial charge in [-0.1, -0.05) is 13.8 Å². The lowest BCUT2D eigenvalue weighted by Crippen LogP contribution is -2.30. The number of carbonyl (C=O) groups excluding carboxylic acids is 1. The van der Waals surface area contributed by atoms with Crippen molar-refractivity contribution in [2.45, 2.75) is 45.4 Å². The van der Waals surface area contributed by atoms with Crippen LogP contribution in [-0.4, -0.2) is 49.3 Å². The molecular formula is C18H24N6O. The fourth-order valence-corrected chi connectivity index (χ4v) is 3.80. The number of aromatic nitrogens is 5. The van der Waals surface area contributed by atoms with Gasteiger partial charge in [0.2, 0.25) is 0 Å². The zero-order chi connectivity index (χ0) is 17.6. The third-order valence-electron chi connectivity index (χ3n) is 5.40. The average Bonchev–Trinajstić information content (AvgIpc) is 3.15. The lowest BCUT2D eigenvalue weighted by molar-refractivity contribution is 0.0783. The van der Waals surface area contributed by atoms with E-state index in [1.807, 2.05) is 11.8 Å². The molecule has 0 unspecified atom stereocenters. The molecule has 1 saturated heterocycles. The van der Waals surface area contributed by atoms with E-state index >= 15 is 0 Å². The molecule has 2 atom stereocenters. The van der Waals surface area contributed by atoms with Crippen molar-refractivity contribution >= 4 is 5.91 Å². The Morgan fingerprint density at radius 1 is 1.32 bits per heavy atom. The standard InChI is InChI=1S/C18H24N6O/c1-10(2)16-20-17(23-22-16)15-9-24(8-14(15)12-4-5-12)18(25)13-6-7-19-21-11(13)3/h6-7,10,12,14-15H,4-5,8-9H2,1-3H3,(H,20,22,23)/t14-,15+/m1/s1. The van der Waals surface area contributed by atoms with Gasteiger partial charge in [0.1, 0.15) is 5.82 Å². The maximum atomic E-state index is 13.0. The Morgan fingerprint density at radius 3 is 2.76 bits per heavy atom. The number of likely N-dealkylation sites (tertiary alicyclic amines) is 1. The molecule has 0 radical (unpaired) electrons. The molecule has 1 N–H and O–H groups in total. The van der Waals surface area contributed by atoms with Gasteiger partial charge < -0.3 is 4.90 Å². The number of nitrogens with zero attached hydrogens (tertiary/aromatic N) is 5. The highest BCUT2D eigenvalue weighted by molar-refractivity contribution is 5.95. The van der Waals surface area contributed by atoms with Crippen LogP contribution in [0.5, 0.6) is 0 Å². The zero-order valence-corrected chi connectivity index (χ0v) is 14.9. The van der Waals surface area contributed by atoms with Gasteiger partial charge in [0, 0.05) is 24.9 Å². The summed E-state index contributed by atoms with van der Waals surface area (Å²) in [6.07, 6.45) is 4.09. The average molecular weight is 340 g/mol. The van der Waals surface area contributed by atoms with Gasteiger partial charge in [-0.05, 0) is 37.7 Å². The van der Waals surface area contributed by atoms with Gasteiger partial charge in [-0.15, -0.1) is 0 Å². The molecule has 7 nitrogen and oxygen atoms in total. The molecular weight excluding hydrogens is 316 g/mol. The predicted octanol–water partition coefficient (Wildman–Crippen LogP) is 2.29. The van der Waals surface area contributed by atoms with Crippen LogP contribution in [0.1, 0.15) is 66.2 Å². The number of H-pyrrole nitrogens is 1. The third kappa shape index (κ3) is 3.03. The van der Waals surface area contributed by atoms with Gasteiger partial charge >= 0.3 is 0 Å². The molecule has 0 aromatic carbocycles. The first-order valence-corrected chi connectivity index (χ1v) is 9.04. The maximum Gasteiger partial charge on any atom is 0.255 e. The van der Waals surface area contributed by atoms with E-state index in [2.05, 4.69) is 34.2 Å². The van der Waals surface area contributed by atoms with Crippen molar-refractivity contribution < 1.29 is 4.79 Å². The van der Waals surface area contributed by atoms with Crippen molar-refractivity contribution in [1.29, 1.82) is 0 Å². The Balaban J connectivity index is 1.58. The number of amides is 1. The van der Waals surface area contributed by atoms with Crippen molar-refractivity contribution in [2.24, 2.45) is 11.8 Å². The van der Waals surface area contributed by atoms with Crippen molar-refractivity contribution in [2.75, 3.05) is 13.1 Å². The highest BCUT2D eigenvalue weighted by atomic mass is 16.2. The van der Waals surface area contributed by atoms with Crippen LogP contribution in [0.4, 0.5) is 0 Å². The van der Waals surface area contributed by atoms with Crippen LogP contribution in [-0.2, 0) is 0 Å². The number of hydrogen-bond donors (Lipinski definition) is 1. The summed E-state index contributed by atoms with van der Waals surface area (Å²) in [7, 11) is 0. The molecule has 1 aliphatic heterocycles. The summed E-state index contributed by atoms with van der Waals surface area (Å²) in [5.74, 6) is 3.54. The van der Waals surface area contributed by atoms with Crippen LogP contribution in [0.15, 0.2) is 12.3 Å². The first-order chi connectivity index (χ1) is 12.0. The topological polar surface area (TPSA) is 87.7 Å². The first-order valence-electron chi connectivity index (χ1n) is 9.04. The van der Waals surface area contributed by atoms with E-state index in [1.165, 1.54) is 12.8 Å². The number of aryl methyl sites for hydroxylation is 1. The molecule has 2 aliphatic rings. The largest absolute Gasteiger partial charge is 0.338 e. The van der Waals surface area contributed by atoms with Gasteiger partial charge in [0.25, 0.3) is 5.91 Å². The van der Waals surface area contributed by atoms with Gasteiger partial charge in [-0.25, -0.2) is 4.98 Å². The fourth-order valence-electron chi connectivity index (χ4n) is 3.80. The Kier molecular flexibility index (Phi) is 4.01. The quantitative estimate of drug-likeness (QED) is 0.922. The Bertz CT molecular complexity index is 781. The number of nitrogens with one attached hydrogen (secondary N) is 1. The number of rotatable bonds is 4. The van der Waals surface area contributed by atoms with Crippen LogP contribution >= 0.6 is 0 Å². The predicted molar refractivity (Wildman–Crippen MR) is 92.1 cm³/mol. The Morgan fingerprint density at radius 2 is 2.12 bits per heavy atom. The minimum atomic E-state index is 0.0455. The molecule has 25 heavy (non-hydrogen) atoms. The summed E-state index contributed by atoms with van der Waals surface area (Å²) >= 11 is 0. The summed E-state index contributed by atoms with van der Waals surface area (Å²) in [4.78, 5) is 19.6. The van der Waals surface area contributed by atoms with Crippen LogP contribution < -0.4 is 0 Å². The van der Waals surface area contributed by atoms with E-state index in [9.17, 15) is 4.79 Å². The molecule has 132 valence electrons. The number of aromatic amines is 1. The van der Waals surface area contributed by atoms with Gasteiger partial charge in [-0.2, -0.15) is 15.3 Å². The number of carbonyl (C=O) groups is 1. The van der Waals surface area contributed by atoms with E-state index in [-0.39, 0.29) is 11.8 Å². The molecule has 1 aliphatic carbocycles. The van der Waals surface area contributed by atoms with E-state index in [4.69, 9.17) is 4.98 Å². The van der Waals surface area contributed by atoms with Crippen molar-refractivity contribution in [1.82, 2.24) is 30.3 Å². The molecule has 2 aromatic rings. The van der Waals surface area contributed by atoms with Crippen molar-refractivity contribution in [3.8, 4) is 0 Å². The maximum absolute atomic E-state index is 13.0. The first kappa shape index (κ1) is 16.2. The molecule has 7 heteroatoms. The molecule has 4 rings (SSSR count). The highest BCUT2D eigenvalue weighted by Crippen LogP contribution is 2.47. The van der Waals surface area contributed by atoms with Gasteiger partial charge in [0.15, 0.2) is 5.82 Å². The molecule has 2 fully saturated rings. The normalized spacial score (nSPS) is 23.4. The van der Waals surface area contributed by atoms with Crippen molar-refractivity contribution in [3.63, 3.8) is 0 Å². The summed E-state index contributed by atoms with van der Waals surface area (Å²) in [5, 5.41) is 15.3.